The van der Waals surface area contributed by atoms with Crippen molar-refractivity contribution in [1.29, 1.82) is 5.26 Å². The van der Waals surface area contributed by atoms with Crippen molar-refractivity contribution in [3.05, 3.63) is 47.0 Å². The maximum Gasteiger partial charge on any atom is 0.331 e. The monoisotopic (exact) mass is 390 g/mol. The second kappa shape index (κ2) is 6.89. The lowest BCUT2D eigenvalue weighted by Crippen LogP contribution is -2.50. The van der Waals surface area contributed by atoms with Gasteiger partial charge in [0.15, 0.2) is 0 Å². The number of carbonyl (C=O) groups excluding carboxylic acids is 1. The summed E-state index contributed by atoms with van der Waals surface area (Å²) in [5.41, 5.74) is 9.17. The predicted octanol–water partition coefficient (Wildman–Crippen LogP) is 2.33. The zero-order valence-electron chi connectivity index (χ0n) is 16.7. The van der Waals surface area contributed by atoms with Crippen LogP contribution in [0.5, 0.6) is 0 Å². The van der Waals surface area contributed by atoms with Crippen LogP contribution in [0.25, 0.3) is 0 Å². The minimum absolute atomic E-state index is 0.0897. The van der Waals surface area contributed by atoms with E-state index in [9.17, 15) is 10.1 Å². The number of hydrogen-bond donors (Lipinski definition) is 1. The fraction of sp³-hybridized carbons (Fsp3) is 0.500. The van der Waals surface area contributed by atoms with E-state index in [4.69, 9.17) is 5.73 Å². The van der Waals surface area contributed by atoms with Crippen LogP contribution in [0.4, 0.5) is 4.79 Å². The Morgan fingerprint density at radius 2 is 2.24 bits per heavy atom. The molecular formula is C22H26N6O. The summed E-state index contributed by atoms with van der Waals surface area (Å²) in [5.74, 6) is 2.61. The molecule has 2 bridgehead atoms. The summed E-state index contributed by atoms with van der Waals surface area (Å²) in [6.07, 6.45) is 11.6. The van der Waals surface area contributed by atoms with Gasteiger partial charge in [-0.25, -0.2) is 9.79 Å². The highest BCUT2D eigenvalue weighted by molar-refractivity contribution is 6.01. The molecule has 2 amide bonds. The van der Waals surface area contributed by atoms with Gasteiger partial charge in [0.05, 0.1) is 18.2 Å². The highest BCUT2D eigenvalue weighted by atomic mass is 16.2. The number of nitrogens with zero attached hydrogens (tertiary/aromatic N) is 5. The van der Waals surface area contributed by atoms with Crippen molar-refractivity contribution >= 4 is 11.9 Å². The number of nitrogens with two attached hydrogens (primary N) is 1. The van der Waals surface area contributed by atoms with Gasteiger partial charge in [-0.1, -0.05) is 6.08 Å². The van der Waals surface area contributed by atoms with Crippen LogP contribution >= 0.6 is 0 Å². The Morgan fingerprint density at radius 1 is 1.38 bits per heavy atom. The fourth-order valence-electron chi connectivity index (χ4n) is 4.96. The summed E-state index contributed by atoms with van der Waals surface area (Å²) in [6.45, 7) is 2.07. The highest BCUT2D eigenvalue weighted by Crippen LogP contribution is 2.49. The van der Waals surface area contributed by atoms with Crippen molar-refractivity contribution in [2.24, 2.45) is 22.6 Å². The number of rotatable bonds is 3. The quantitative estimate of drug-likeness (QED) is 0.801. The molecule has 1 saturated heterocycles. The summed E-state index contributed by atoms with van der Waals surface area (Å²) >= 11 is 0. The largest absolute Gasteiger partial charge is 0.356 e. The van der Waals surface area contributed by atoms with Gasteiger partial charge in [-0.15, -0.1) is 0 Å². The van der Waals surface area contributed by atoms with Gasteiger partial charge < -0.3 is 10.6 Å². The normalized spacial score (nSPS) is 30.9. The Kier molecular flexibility index (Phi) is 4.32. The smallest absolute Gasteiger partial charge is 0.331 e. The third-order valence-corrected chi connectivity index (χ3v) is 6.65. The number of carbonyl (C=O) groups is 1. The molecule has 5 aliphatic rings. The topological polar surface area (TPSA) is 89.0 Å². The zero-order valence-corrected chi connectivity index (χ0v) is 16.7. The molecule has 5 rings (SSSR count). The second-order valence-electron chi connectivity index (χ2n) is 8.58. The molecule has 0 radical (unpaired) electrons. The number of amides is 2. The number of aliphatic imine (C=N–C) groups is 1. The average molecular weight is 390 g/mol. The van der Waals surface area contributed by atoms with Crippen LogP contribution in [-0.4, -0.2) is 59.3 Å². The van der Waals surface area contributed by atoms with Gasteiger partial charge in [0.2, 0.25) is 0 Å². The lowest BCUT2D eigenvalue weighted by Gasteiger charge is -2.40. The average Bonchev–Trinajstić information content (AvgIpc) is 3.53. The molecule has 0 aromatic carbocycles. The van der Waals surface area contributed by atoms with E-state index in [0.717, 1.165) is 55.2 Å². The molecule has 29 heavy (non-hydrogen) atoms. The Bertz CT molecular complexity index is 949. The van der Waals surface area contributed by atoms with E-state index in [2.05, 4.69) is 22.0 Å². The van der Waals surface area contributed by atoms with Crippen molar-refractivity contribution in [2.45, 2.75) is 31.7 Å². The lowest BCUT2D eigenvalue weighted by atomic mass is 9.97. The van der Waals surface area contributed by atoms with Crippen molar-refractivity contribution in [1.82, 2.24) is 14.7 Å². The minimum atomic E-state index is -0.0897. The Hall–Kier alpha value is -2.85. The number of likely N-dealkylation sites (tertiary alicyclic amines) is 1. The van der Waals surface area contributed by atoms with Crippen LogP contribution in [0.15, 0.2) is 52.0 Å². The Balaban J connectivity index is 1.58. The van der Waals surface area contributed by atoms with Crippen molar-refractivity contribution in [3.8, 4) is 6.07 Å². The summed E-state index contributed by atoms with van der Waals surface area (Å²) in [4.78, 5) is 23.8. The van der Waals surface area contributed by atoms with E-state index in [1.807, 2.05) is 17.1 Å². The molecule has 3 atom stereocenters. The molecule has 3 aliphatic heterocycles. The number of fused-ring (bicyclic) bond motifs is 3. The van der Waals surface area contributed by atoms with Crippen molar-refractivity contribution < 1.29 is 4.79 Å². The van der Waals surface area contributed by atoms with Gasteiger partial charge in [0, 0.05) is 44.4 Å². The molecule has 0 aromatic rings. The van der Waals surface area contributed by atoms with Crippen LogP contribution in [0.2, 0.25) is 0 Å². The Labute approximate surface area is 171 Å². The third-order valence-electron chi connectivity index (χ3n) is 6.65. The lowest BCUT2D eigenvalue weighted by molar-refractivity contribution is 0.160. The van der Waals surface area contributed by atoms with Crippen LogP contribution in [0.1, 0.15) is 25.7 Å². The predicted molar refractivity (Wildman–Crippen MR) is 110 cm³/mol. The van der Waals surface area contributed by atoms with E-state index in [1.54, 1.807) is 18.1 Å². The number of amidine groups is 1. The molecule has 2 N–H and O–H groups in total. The first-order valence-corrected chi connectivity index (χ1v) is 10.4. The molecule has 2 fully saturated rings. The summed E-state index contributed by atoms with van der Waals surface area (Å²) in [5, 5.41) is 9.66. The van der Waals surface area contributed by atoms with Gasteiger partial charge >= 0.3 is 6.03 Å². The van der Waals surface area contributed by atoms with Gasteiger partial charge in [-0.2, -0.15) is 5.26 Å². The van der Waals surface area contributed by atoms with Crippen LogP contribution in [-0.2, 0) is 0 Å². The SMILES string of the molecule is CN1C(=O)N(CC2=C(C#N)C=CC3CC23)C(N2CCC[C@@H](N)C2)=C2C=CN=C1C2. The molecular weight excluding hydrogens is 364 g/mol. The van der Waals surface area contributed by atoms with E-state index >= 15 is 0 Å². The zero-order chi connectivity index (χ0) is 20.1. The number of nitriles is 1. The Morgan fingerprint density at radius 3 is 3.03 bits per heavy atom. The number of urea groups is 1. The minimum Gasteiger partial charge on any atom is -0.356 e. The molecule has 2 unspecified atom stereocenters. The maximum absolute atomic E-state index is 13.5. The van der Waals surface area contributed by atoms with Crippen LogP contribution < -0.4 is 5.73 Å². The van der Waals surface area contributed by atoms with Crippen LogP contribution in [0, 0.1) is 23.2 Å². The summed E-state index contributed by atoms with van der Waals surface area (Å²) < 4.78 is 0. The number of piperidine rings is 1. The van der Waals surface area contributed by atoms with Crippen molar-refractivity contribution in [3.63, 3.8) is 0 Å². The molecule has 0 spiro atoms. The standard InChI is InChI=1S/C22H26N6O/c1-26-20-10-15(6-7-25-20)21(27-8-2-3-17(24)12-27)28(22(26)29)13-19-16(11-23)5-4-14-9-18(14)19/h4-7,14,17-18H,2-3,8-10,12-13,24H2,1H3/t14?,17-,18?/m1/s1. The summed E-state index contributed by atoms with van der Waals surface area (Å²) in [6, 6.07) is 2.36. The van der Waals surface area contributed by atoms with Gasteiger partial charge in [0.1, 0.15) is 11.7 Å². The number of allylic oxidation sites excluding steroid dienone is 4. The first-order chi connectivity index (χ1) is 14.1. The highest BCUT2D eigenvalue weighted by Gasteiger charge is 2.44. The summed E-state index contributed by atoms with van der Waals surface area (Å²) in [7, 11) is 1.79. The second-order valence-corrected chi connectivity index (χ2v) is 8.58. The van der Waals surface area contributed by atoms with E-state index in [-0.39, 0.29) is 12.1 Å². The van der Waals surface area contributed by atoms with Gasteiger partial charge in [0.25, 0.3) is 0 Å². The molecule has 7 nitrogen and oxygen atoms in total. The fourth-order valence-corrected chi connectivity index (χ4v) is 4.96. The third kappa shape index (κ3) is 3.08. The van der Waals surface area contributed by atoms with Gasteiger partial charge in [-0.05, 0) is 48.8 Å². The van der Waals surface area contributed by atoms with Gasteiger partial charge in [-0.3, -0.25) is 9.80 Å². The first-order valence-electron chi connectivity index (χ1n) is 10.4. The number of hydrogen-bond acceptors (Lipinski definition) is 5. The first kappa shape index (κ1) is 18.2. The molecule has 3 heterocycles. The molecule has 2 aliphatic carbocycles. The molecule has 150 valence electrons. The van der Waals surface area contributed by atoms with Crippen LogP contribution in [0.3, 0.4) is 0 Å². The van der Waals surface area contributed by atoms with E-state index in [0.29, 0.717) is 30.4 Å². The van der Waals surface area contributed by atoms with Crippen molar-refractivity contribution in [2.75, 3.05) is 26.7 Å². The molecule has 7 heteroatoms. The molecule has 0 aromatic heterocycles. The van der Waals surface area contributed by atoms with E-state index in [1.165, 1.54) is 0 Å². The molecule has 1 saturated carbocycles. The maximum atomic E-state index is 13.5. The van der Waals surface area contributed by atoms with E-state index < -0.39 is 0 Å².